The van der Waals surface area contributed by atoms with E-state index >= 15 is 0 Å². The fraction of sp³-hybridized carbons (Fsp3) is 0.320. The van der Waals surface area contributed by atoms with Crippen LogP contribution in [-0.2, 0) is 9.59 Å². The second-order valence-electron chi connectivity index (χ2n) is 8.49. The third-order valence-corrected chi connectivity index (χ3v) is 7.35. The summed E-state index contributed by atoms with van der Waals surface area (Å²) < 4.78 is 0.940. The minimum atomic E-state index is -0.715. The molecule has 2 saturated heterocycles. The minimum absolute atomic E-state index is 0.116. The number of amides is 2. The highest BCUT2D eigenvalue weighted by atomic mass is 79.9. The van der Waals surface area contributed by atoms with Crippen LogP contribution in [0.4, 0.5) is 5.69 Å². The Morgan fingerprint density at radius 3 is 2.48 bits per heavy atom. The SMILES string of the molecule is CC[C@@H](C)N1C(=O)[C@@H]2[C@@H](C1=O)[C@H](C(=O)c1ccccc1)N1c3ccc(Br)cc3C=C[C@H]21. The van der Waals surface area contributed by atoms with Crippen molar-refractivity contribution >= 4 is 45.3 Å². The first-order valence-electron chi connectivity index (χ1n) is 10.7. The van der Waals surface area contributed by atoms with Crippen molar-refractivity contribution in [2.24, 2.45) is 11.8 Å². The Kier molecular flexibility index (Phi) is 4.85. The molecule has 0 aromatic heterocycles. The molecule has 0 spiro atoms. The molecule has 158 valence electrons. The van der Waals surface area contributed by atoms with Crippen molar-refractivity contribution in [3.05, 3.63) is 70.2 Å². The number of benzene rings is 2. The number of rotatable bonds is 4. The zero-order valence-electron chi connectivity index (χ0n) is 17.4. The number of ketones is 1. The highest BCUT2D eigenvalue weighted by molar-refractivity contribution is 9.10. The van der Waals surface area contributed by atoms with Crippen molar-refractivity contribution in [2.75, 3.05) is 4.90 Å². The van der Waals surface area contributed by atoms with Crippen LogP contribution in [-0.4, -0.2) is 40.6 Å². The van der Waals surface area contributed by atoms with Gasteiger partial charge in [-0.2, -0.15) is 0 Å². The lowest BCUT2D eigenvalue weighted by molar-refractivity contribution is -0.142. The fourth-order valence-electron chi connectivity index (χ4n) is 5.26. The van der Waals surface area contributed by atoms with Gasteiger partial charge in [-0.05, 0) is 37.1 Å². The molecular formula is C25H23BrN2O3. The first-order chi connectivity index (χ1) is 14.9. The highest BCUT2D eigenvalue weighted by Crippen LogP contribution is 2.49. The van der Waals surface area contributed by atoms with Gasteiger partial charge in [-0.15, -0.1) is 0 Å². The predicted octanol–water partition coefficient (Wildman–Crippen LogP) is 4.32. The molecule has 3 aliphatic rings. The highest BCUT2D eigenvalue weighted by Gasteiger charge is 2.64. The molecule has 0 aliphatic carbocycles. The summed E-state index contributed by atoms with van der Waals surface area (Å²) in [6, 6.07) is 13.7. The quantitative estimate of drug-likeness (QED) is 0.485. The molecule has 2 aromatic carbocycles. The Balaban J connectivity index is 1.66. The maximum Gasteiger partial charge on any atom is 0.236 e. The Bertz CT molecular complexity index is 1110. The number of anilines is 1. The second-order valence-corrected chi connectivity index (χ2v) is 9.41. The lowest BCUT2D eigenvalue weighted by atomic mass is 9.86. The van der Waals surface area contributed by atoms with E-state index in [1.54, 1.807) is 12.1 Å². The van der Waals surface area contributed by atoms with Gasteiger partial charge in [0.2, 0.25) is 11.8 Å². The van der Waals surface area contributed by atoms with Gasteiger partial charge in [0.25, 0.3) is 0 Å². The summed E-state index contributed by atoms with van der Waals surface area (Å²) >= 11 is 3.51. The largest absolute Gasteiger partial charge is 0.352 e. The molecule has 2 fully saturated rings. The van der Waals surface area contributed by atoms with E-state index < -0.39 is 17.9 Å². The van der Waals surface area contributed by atoms with Gasteiger partial charge in [0, 0.05) is 21.8 Å². The van der Waals surface area contributed by atoms with E-state index in [2.05, 4.69) is 15.9 Å². The number of hydrogen-bond donors (Lipinski definition) is 0. The molecule has 31 heavy (non-hydrogen) atoms. The zero-order valence-corrected chi connectivity index (χ0v) is 19.0. The molecule has 6 heteroatoms. The van der Waals surface area contributed by atoms with Crippen LogP contribution in [0.3, 0.4) is 0 Å². The van der Waals surface area contributed by atoms with Crippen LogP contribution in [0.15, 0.2) is 59.1 Å². The molecule has 0 radical (unpaired) electrons. The number of halogens is 1. The third-order valence-electron chi connectivity index (χ3n) is 6.86. The predicted molar refractivity (Wildman–Crippen MR) is 123 cm³/mol. The van der Waals surface area contributed by atoms with Gasteiger partial charge in [-0.3, -0.25) is 19.3 Å². The van der Waals surface area contributed by atoms with Gasteiger partial charge in [-0.25, -0.2) is 0 Å². The average molecular weight is 479 g/mol. The summed E-state index contributed by atoms with van der Waals surface area (Å²) in [5, 5.41) is 0. The molecule has 3 heterocycles. The lowest BCUT2D eigenvalue weighted by Gasteiger charge is -2.37. The fourth-order valence-corrected chi connectivity index (χ4v) is 5.64. The zero-order chi connectivity index (χ0) is 21.9. The average Bonchev–Trinajstić information content (AvgIpc) is 3.26. The topological polar surface area (TPSA) is 57.7 Å². The van der Waals surface area contributed by atoms with Crippen molar-refractivity contribution < 1.29 is 14.4 Å². The number of Topliss-reactive ketones (excluding diaryl/α,β-unsaturated/α-hetero) is 1. The number of nitrogens with zero attached hydrogens (tertiary/aromatic N) is 2. The number of carbonyl (C=O) groups is 3. The molecule has 2 aromatic rings. The van der Waals surface area contributed by atoms with E-state index in [0.29, 0.717) is 12.0 Å². The second kappa shape index (κ2) is 7.45. The monoisotopic (exact) mass is 478 g/mol. The molecule has 3 aliphatic heterocycles. The van der Waals surface area contributed by atoms with Gasteiger partial charge in [0.1, 0.15) is 6.04 Å². The van der Waals surface area contributed by atoms with Crippen molar-refractivity contribution in [1.29, 1.82) is 0 Å². The molecular weight excluding hydrogens is 456 g/mol. The lowest BCUT2D eigenvalue weighted by Crippen LogP contribution is -2.50. The minimum Gasteiger partial charge on any atom is -0.352 e. The van der Waals surface area contributed by atoms with Crippen LogP contribution in [0.5, 0.6) is 0 Å². The Morgan fingerprint density at radius 2 is 1.77 bits per heavy atom. The van der Waals surface area contributed by atoms with E-state index in [1.807, 2.05) is 67.3 Å². The van der Waals surface area contributed by atoms with E-state index in [4.69, 9.17) is 0 Å². The van der Waals surface area contributed by atoms with Gasteiger partial charge in [0.15, 0.2) is 5.78 Å². The van der Waals surface area contributed by atoms with Gasteiger partial charge in [-0.1, -0.05) is 65.3 Å². The number of carbonyl (C=O) groups excluding carboxylic acids is 3. The maximum atomic E-state index is 13.8. The molecule has 0 unspecified atom stereocenters. The normalized spacial score (nSPS) is 27.2. The van der Waals surface area contributed by atoms with Crippen LogP contribution < -0.4 is 4.90 Å². The molecule has 5 rings (SSSR count). The molecule has 0 bridgehead atoms. The molecule has 5 atom stereocenters. The van der Waals surface area contributed by atoms with Crippen LogP contribution in [0.2, 0.25) is 0 Å². The Morgan fingerprint density at radius 1 is 1.06 bits per heavy atom. The van der Waals surface area contributed by atoms with Crippen molar-refractivity contribution in [3.63, 3.8) is 0 Å². The first-order valence-corrected chi connectivity index (χ1v) is 11.5. The summed E-state index contributed by atoms with van der Waals surface area (Å²) in [6.45, 7) is 3.86. The molecule has 0 N–H and O–H groups in total. The Labute approximate surface area is 189 Å². The smallest absolute Gasteiger partial charge is 0.236 e. The number of likely N-dealkylation sites (tertiary alicyclic amines) is 1. The summed E-state index contributed by atoms with van der Waals surface area (Å²) in [6.07, 6.45) is 4.67. The number of hydrogen-bond acceptors (Lipinski definition) is 4. The van der Waals surface area contributed by atoms with E-state index in [1.165, 1.54) is 4.90 Å². The van der Waals surface area contributed by atoms with Gasteiger partial charge in [0.05, 0.1) is 17.9 Å². The van der Waals surface area contributed by atoms with Gasteiger partial charge < -0.3 is 4.90 Å². The standard InChI is InChI=1S/C25H23BrN2O3/c1-3-14(2)27-24(30)20-19-11-9-16-13-17(26)10-12-18(16)28(19)22(21(20)25(27)31)23(29)15-7-5-4-6-8-15/h4-14,19-22H,3H2,1-2H3/t14-,19-,20+,21-,22-/m1/s1. The number of imide groups is 1. The molecule has 2 amide bonds. The van der Waals surface area contributed by atoms with Crippen molar-refractivity contribution in [3.8, 4) is 0 Å². The van der Waals surface area contributed by atoms with Crippen molar-refractivity contribution in [1.82, 2.24) is 4.90 Å². The van der Waals surface area contributed by atoms with Gasteiger partial charge >= 0.3 is 0 Å². The summed E-state index contributed by atoms with van der Waals surface area (Å²) in [4.78, 5) is 44.2. The number of fused-ring (bicyclic) bond motifs is 5. The van der Waals surface area contributed by atoms with Crippen LogP contribution in [0.1, 0.15) is 36.2 Å². The van der Waals surface area contributed by atoms with Crippen LogP contribution in [0.25, 0.3) is 6.08 Å². The summed E-state index contributed by atoms with van der Waals surface area (Å²) in [7, 11) is 0. The van der Waals surface area contributed by atoms with Crippen LogP contribution >= 0.6 is 15.9 Å². The third kappa shape index (κ3) is 2.92. The van der Waals surface area contributed by atoms with Crippen LogP contribution in [0, 0.1) is 11.8 Å². The summed E-state index contributed by atoms with van der Waals surface area (Å²) in [5.74, 6) is -1.73. The van der Waals surface area contributed by atoms with E-state index in [-0.39, 0.29) is 29.7 Å². The summed E-state index contributed by atoms with van der Waals surface area (Å²) in [5.41, 5.74) is 2.41. The Hall–Kier alpha value is -2.73. The first kappa shape index (κ1) is 20.2. The van der Waals surface area contributed by atoms with E-state index in [9.17, 15) is 14.4 Å². The van der Waals surface area contributed by atoms with Crippen molar-refractivity contribution in [2.45, 2.75) is 38.4 Å². The van der Waals surface area contributed by atoms with E-state index in [0.717, 1.165) is 15.7 Å². The maximum absolute atomic E-state index is 13.8. The molecule has 0 saturated carbocycles. The molecule has 5 nitrogen and oxygen atoms in total.